The van der Waals surface area contributed by atoms with Gasteiger partial charge in [-0.1, -0.05) is 42.0 Å². The van der Waals surface area contributed by atoms with E-state index in [-0.39, 0.29) is 11.9 Å². The summed E-state index contributed by atoms with van der Waals surface area (Å²) in [6, 6.07) is 13.7. The zero-order valence-corrected chi connectivity index (χ0v) is 11.0. The summed E-state index contributed by atoms with van der Waals surface area (Å²) in [5.41, 5.74) is 3.99. The molecule has 0 aromatic heterocycles. The van der Waals surface area contributed by atoms with Gasteiger partial charge in [0.15, 0.2) is 0 Å². The van der Waals surface area contributed by atoms with Crippen LogP contribution in [-0.4, -0.2) is 7.05 Å². The van der Waals surface area contributed by atoms with Gasteiger partial charge in [0.2, 0.25) is 0 Å². The first-order valence-electron chi connectivity index (χ1n) is 6.11. The molecule has 94 valence electrons. The minimum absolute atomic E-state index is 0.0278. The molecule has 0 bridgehead atoms. The standard InChI is InChI=1S/C16H18FN/c1-11-5-4-6-13(9-11)16(18-3)14-8-7-12(2)15(17)10-14/h4-10,16,18H,1-3H3. The molecule has 2 rings (SSSR count). The Kier molecular flexibility index (Phi) is 3.78. The molecule has 0 radical (unpaired) electrons. The summed E-state index contributed by atoms with van der Waals surface area (Å²) in [6.07, 6.45) is 0. The summed E-state index contributed by atoms with van der Waals surface area (Å²) in [7, 11) is 1.89. The first-order valence-corrected chi connectivity index (χ1v) is 6.11. The van der Waals surface area contributed by atoms with Crippen molar-refractivity contribution < 1.29 is 4.39 Å². The summed E-state index contributed by atoms with van der Waals surface area (Å²) in [6.45, 7) is 3.84. The lowest BCUT2D eigenvalue weighted by atomic mass is 9.96. The van der Waals surface area contributed by atoms with E-state index in [2.05, 4.69) is 30.4 Å². The van der Waals surface area contributed by atoms with Gasteiger partial charge in [0.25, 0.3) is 0 Å². The molecular weight excluding hydrogens is 225 g/mol. The first-order chi connectivity index (χ1) is 8.61. The van der Waals surface area contributed by atoms with Crippen molar-refractivity contribution in [3.8, 4) is 0 Å². The van der Waals surface area contributed by atoms with Crippen molar-refractivity contribution in [2.75, 3.05) is 7.05 Å². The first kappa shape index (κ1) is 12.8. The molecule has 2 heteroatoms. The lowest BCUT2D eigenvalue weighted by molar-refractivity contribution is 0.608. The molecule has 2 aromatic rings. The van der Waals surface area contributed by atoms with E-state index in [0.717, 1.165) is 11.1 Å². The molecule has 0 fully saturated rings. The molecule has 0 aliphatic carbocycles. The van der Waals surface area contributed by atoms with Crippen molar-refractivity contribution >= 4 is 0 Å². The van der Waals surface area contributed by atoms with Crippen LogP contribution in [0.25, 0.3) is 0 Å². The van der Waals surface area contributed by atoms with E-state index in [1.807, 2.05) is 25.2 Å². The third kappa shape index (κ3) is 2.59. The Balaban J connectivity index is 2.42. The maximum Gasteiger partial charge on any atom is 0.126 e. The Morgan fingerprint density at radius 1 is 1.00 bits per heavy atom. The summed E-state index contributed by atoms with van der Waals surface area (Å²) in [5, 5.41) is 3.24. The average molecular weight is 243 g/mol. The topological polar surface area (TPSA) is 12.0 Å². The Morgan fingerprint density at radius 2 is 1.72 bits per heavy atom. The Bertz CT molecular complexity index is 549. The third-order valence-electron chi connectivity index (χ3n) is 3.19. The summed E-state index contributed by atoms with van der Waals surface area (Å²) < 4.78 is 13.6. The molecule has 1 nitrogen and oxygen atoms in total. The van der Waals surface area contributed by atoms with E-state index in [0.29, 0.717) is 5.56 Å². The van der Waals surface area contributed by atoms with Crippen molar-refractivity contribution in [3.63, 3.8) is 0 Å². The van der Waals surface area contributed by atoms with Crippen molar-refractivity contribution in [1.82, 2.24) is 5.32 Å². The van der Waals surface area contributed by atoms with E-state index in [1.165, 1.54) is 5.56 Å². The van der Waals surface area contributed by atoms with Crippen LogP contribution in [0.5, 0.6) is 0 Å². The maximum absolute atomic E-state index is 13.6. The van der Waals surface area contributed by atoms with Crippen LogP contribution >= 0.6 is 0 Å². The molecule has 1 N–H and O–H groups in total. The van der Waals surface area contributed by atoms with Crippen LogP contribution in [0.4, 0.5) is 4.39 Å². The smallest absolute Gasteiger partial charge is 0.126 e. The lowest BCUT2D eigenvalue weighted by Gasteiger charge is -2.18. The zero-order chi connectivity index (χ0) is 13.1. The third-order valence-corrected chi connectivity index (χ3v) is 3.19. The van der Waals surface area contributed by atoms with Crippen molar-refractivity contribution in [2.45, 2.75) is 19.9 Å². The van der Waals surface area contributed by atoms with Gasteiger partial charge in [-0.3, -0.25) is 0 Å². The molecule has 0 amide bonds. The lowest BCUT2D eigenvalue weighted by Crippen LogP contribution is -2.18. The predicted octanol–water partition coefficient (Wildman–Crippen LogP) is 3.75. The normalized spacial score (nSPS) is 12.4. The van der Waals surface area contributed by atoms with Gasteiger partial charge >= 0.3 is 0 Å². The molecule has 2 aromatic carbocycles. The molecule has 0 aliphatic heterocycles. The van der Waals surface area contributed by atoms with Crippen molar-refractivity contribution in [1.29, 1.82) is 0 Å². The highest BCUT2D eigenvalue weighted by Gasteiger charge is 2.13. The minimum Gasteiger partial charge on any atom is -0.309 e. The fourth-order valence-electron chi connectivity index (χ4n) is 2.16. The van der Waals surface area contributed by atoms with Crippen molar-refractivity contribution in [2.24, 2.45) is 0 Å². The molecule has 1 atom stereocenters. The Hall–Kier alpha value is -1.67. The second-order valence-corrected chi connectivity index (χ2v) is 4.64. The quantitative estimate of drug-likeness (QED) is 0.865. The number of hydrogen-bond donors (Lipinski definition) is 1. The van der Waals surface area contributed by atoms with Crippen LogP contribution in [0, 0.1) is 19.7 Å². The van der Waals surface area contributed by atoms with Crippen molar-refractivity contribution in [3.05, 3.63) is 70.5 Å². The summed E-state index contributed by atoms with van der Waals surface area (Å²) >= 11 is 0. The monoisotopic (exact) mass is 243 g/mol. The van der Waals surface area contributed by atoms with Crippen LogP contribution in [0.15, 0.2) is 42.5 Å². The maximum atomic E-state index is 13.6. The van der Waals surface area contributed by atoms with Crippen LogP contribution in [-0.2, 0) is 0 Å². The molecule has 18 heavy (non-hydrogen) atoms. The van der Waals surface area contributed by atoms with E-state index in [4.69, 9.17) is 0 Å². The van der Waals surface area contributed by atoms with Crippen LogP contribution in [0.2, 0.25) is 0 Å². The molecular formula is C16H18FN. The van der Waals surface area contributed by atoms with Gasteiger partial charge in [0.1, 0.15) is 5.82 Å². The number of rotatable bonds is 3. The Morgan fingerprint density at radius 3 is 2.33 bits per heavy atom. The van der Waals surface area contributed by atoms with Crippen LogP contribution < -0.4 is 5.32 Å². The van der Waals surface area contributed by atoms with Gasteiger partial charge in [-0.2, -0.15) is 0 Å². The van der Waals surface area contributed by atoms with Gasteiger partial charge in [-0.15, -0.1) is 0 Å². The predicted molar refractivity (Wildman–Crippen MR) is 73.2 cm³/mol. The number of halogens is 1. The number of hydrogen-bond acceptors (Lipinski definition) is 1. The van der Waals surface area contributed by atoms with Gasteiger partial charge in [0, 0.05) is 0 Å². The van der Waals surface area contributed by atoms with Crippen LogP contribution in [0.1, 0.15) is 28.3 Å². The molecule has 0 saturated heterocycles. The highest BCUT2D eigenvalue weighted by atomic mass is 19.1. The highest BCUT2D eigenvalue weighted by molar-refractivity contribution is 5.35. The SMILES string of the molecule is CNC(c1cccc(C)c1)c1ccc(C)c(F)c1. The molecule has 0 spiro atoms. The molecule has 0 aliphatic rings. The van der Waals surface area contributed by atoms with E-state index < -0.39 is 0 Å². The second kappa shape index (κ2) is 5.32. The van der Waals surface area contributed by atoms with Crippen LogP contribution in [0.3, 0.4) is 0 Å². The number of benzene rings is 2. The van der Waals surface area contributed by atoms with E-state index in [9.17, 15) is 4.39 Å². The average Bonchev–Trinajstić information content (AvgIpc) is 2.35. The van der Waals surface area contributed by atoms with Gasteiger partial charge in [-0.05, 0) is 43.7 Å². The number of nitrogens with one attached hydrogen (secondary N) is 1. The van der Waals surface area contributed by atoms with Gasteiger partial charge in [0.05, 0.1) is 6.04 Å². The Labute approximate surface area is 108 Å². The molecule has 0 heterocycles. The second-order valence-electron chi connectivity index (χ2n) is 4.64. The fourth-order valence-corrected chi connectivity index (χ4v) is 2.16. The zero-order valence-electron chi connectivity index (χ0n) is 11.0. The summed E-state index contributed by atoms with van der Waals surface area (Å²) in [5.74, 6) is -0.152. The van der Waals surface area contributed by atoms with Gasteiger partial charge in [-0.25, -0.2) is 4.39 Å². The van der Waals surface area contributed by atoms with E-state index in [1.54, 1.807) is 13.0 Å². The molecule has 0 saturated carbocycles. The highest BCUT2D eigenvalue weighted by Crippen LogP contribution is 2.24. The van der Waals surface area contributed by atoms with Gasteiger partial charge < -0.3 is 5.32 Å². The molecule has 1 unspecified atom stereocenters. The largest absolute Gasteiger partial charge is 0.309 e. The summed E-state index contributed by atoms with van der Waals surface area (Å²) in [4.78, 5) is 0. The number of aryl methyl sites for hydroxylation is 2. The minimum atomic E-state index is -0.152. The van der Waals surface area contributed by atoms with E-state index >= 15 is 0 Å². The fraction of sp³-hybridized carbons (Fsp3) is 0.250.